The van der Waals surface area contributed by atoms with E-state index in [-0.39, 0.29) is 0 Å². The van der Waals surface area contributed by atoms with Crippen molar-refractivity contribution in [2.24, 2.45) is 0 Å². The summed E-state index contributed by atoms with van der Waals surface area (Å²) in [5.41, 5.74) is 0. The second-order valence-electron chi connectivity index (χ2n) is 3.79. The maximum absolute atomic E-state index is 3.42. The molecule has 1 fully saturated rings. The smallest absolute Gasteiger partial charge is 0.0214 e. The number of rotatable bonds is 7. The van der Waals surface area contributed by atoms with E-state index < -0.39 is 0 Å². The summed E-state index contributed by atoms with van der Waals surface area (Å²) in [7, 11) is 0. The molecule has 2 nitrogen and oxygen atoms in total. The zero-order chi connectivity index (χ0) is 10.2. The number of likely N-dealkylation sites (N-methyl/N-ethyl adjacent to an activating group) is 1. The Morgan fingerprint density at radius 1 is 1.36 bits per heavy atom. The fourth-order valence-electron chi connectivity index (χ4n) is 1.66. The van der Waals surface area contributed by atoms with Gasteiger partial charge in [0.05, 0.1) is 0 Å². The highest BCUT2D eigenvalue weighted by Crippen LogP contribution is 2.25. The molecule has 0 saturated heterocycles. The Balaban J connectivity index is 1.92. The second kappa shape index (κ2) is 6.86. The molecule has 0 spiro atoms. The number of nitrogens with one attached hydrogen (secondary N) is 1. The van der Waals surface area contributed by atoms with Crippen molar-refractivity contribution in [2.75, 3.05) is 26.2 Å². The minimum atomic E-state index is 0.900. The van der Waals surface area contributed by atoms with Crippen molar-refractivity contribution in [2.45, 2.75) is 39.2 Å². The molecule has 2 heteroatoms. The van der Waals surface area contributed by atoms with Gasteiger partial charge in [-0.25, -0.2) is 0 Å². The molecule has 0 amide bonds. The first kappa shape index (κ1) is 11.6. The first-order chi connectivity index (χ1) is 6.88. The molecule has 0 heterocycles. The van der Waals surface area contributed by atoms with E-state index in [2.05, 4.69) is 29.0 Å². The highest BCUT2D eigenvalue weighted by molar-refractivity contribution is 4.95. The minimum absolute atomic E-state index is 0.900. The van der Waals surface area contributed by atoms with E-state index in [1.54, 1.807) is 0 Å². The van der Waals surface area contributed by atoms with Gasteiger partial charge >= 0.3 is 0 Å². The van der Waals surface area contributed by atoms with Crippen LogP contribution in [0.25, 0.3) is 0 Å². The average Bonchev–Trinajstić information content (AvgIpc) is 3.01. The highest BCUT2D eigenvalue weighted by Gasteiger charge is 2.26. The van der Waals surface area contributed by atoms with Crippen molar-refractivity contribution >= 4 is 0 Å². The van der Waals surface area contributed by atoms with E-state index in [1.807, 2.05) is 6.92 Å². The summed E-state index contributed by atoms with van der Waals surface area (Å²) in [5.74, 6) is 5.97. The van der Waals surface area contributed by atoms with Crippen LogP contribution < -0.4 is 5.32 Å². The third kappa shape index (κ3) is 4.64. The third-order valence-corrected chi connectivity index (χ3v) is 2.65. The lowest BCUT2D eigenvalue weighted by Crippen LogP contribution is -2.33. The van der Waals surface area contributed by atoms with Gasteiger partial charge in [0, 0.05) is 32.1 Å². The molecule has 1 saturated carbocycles. The number of hydrogen-bond acceptors (Lipinski definition) is 2. The zero-order valence-electron chi connectivity index (χ0n) is 9.47. The molecule has 1 rings (SSSR count). The molecule has 0 unspecified atom stereocenters. The maximum Gasteiger partial charge on any atom is 0.0214 e. The van der Waals surface area contributed by atoms with Crippen LogP contribution >= 0.6 is 0 Å². The van der Waals surface area contributed by atoms with Gasteiger partial charge in [-0.2, -0.15) is 0 Å². The van der Waals surface area contributed by atoms with Gasteiger partial charge in [-0.1, -0.05) is 6.92 Å². The molecule has 80 valence electrons. The predicted octanol–water partition coefficient (Wildman–Crippen LogP) is 1.47. The van der Waals surface area contributed by atoms with E-state index in [1.165, 1.54) is 25.9 Å². The van der Waals surface area contributed by atoms with E-state index >= 15 is 0 Å². The maximum atomic E-state index is 3.42. The second-order valence-corrected chi connectivity index (χ2v) is 3.79. The highest BCUT2D eigenvalue weighted by atomic mass is 15.2. The van der Waals surface area contributed by atoms with Gasteiger partial charge in [0.2, 0.25) is 0 Å². The molecule has 0 radical (unpaired) electrons. The lowest BCUT2D eigenvalue weighted by Gasteiger charge is -2.19. The topological polar surface area (TPSA) is 15.3 Å². The molecular formula is C12H22N2. The molecule has 0 aliphatic heterocycles. The summed E-state index contributed by atoms with van der Waals surface area (Å²) >= 11 is 0. The van der Waals surface area contributed by atoms with Crippen LogP contribution in [0.5, 0.6) is 0 Å². The van der Waals surface area contributed by atoms with Crippen LogP contribution in [-0.4, -0.2) is 37.1 Å². The zero-order valence-corrected chi connectivity index (χ0v) is 9.47. The van der Waals surface area contributed by atoms with Gasteiger partial charge in [0.1, 0.15) is 0 Å². The van der Waals surface area contributed by atoms with E-state index in [0.717, 1.165) is 25.6 Å². The average molecular weight is 194 g/mol. The van der Waals surface area contributed by atoms with Crippen molar-refractivity contribution in [1.29, 1.82) is 0 Å². The molecule has 14 heavy (non-hydrogen) atoms. The van der Waals surface area contributed by atoms with E-state index in [9.17, 15) is 0 Å². The third-order valence-electron chi connectivity index (χ3n) is 2.65. The van der Waals surface area contributed by atoms with Crippen LogP contribution in [0.15, 0.2) is 0 Å². The molecule has 1 aliphatic rings. The Hall–Kier alpha value is -0.520. The Morgan fingerprint density at radius 2 is 2.14 bits per heavy atom. The monoisotopic (exact) mass is 194 g/mol. The fourth-order valence-corrected chi connectivity index (χ4v) is 1.66. The largest absolute Gasteiger partial charge is 0.315 e. The minimum Gasteiger partial charge on any atom is -0.315 e. The Kier molecular flexibility index (Phi) is 5.66. The van der Waals surface area contributed by atoms with Crippen molar-refractivity contribution < 1.29 is 0 Å². The van der Waals surface area contributed by atoms with Gasteiger partial charge < -0.3 is 5.32 Å². The first-order valence-electron chi connectivity index (χ1n) is 5.72. The first-order valence-corrected chi connectivity index (χ1v) is 5.72. The summed E-state index contributed by atoms with van der Waals surface area (Å²) in [6, 6.07) is 0.900. The molecule has 0 aromatic rings. The fraction of sp³-hybridized carbons (Fsp3) is 0.833. The summed E-state index contributed by atoms with van der Waals surface area (Å²) in [6.07, 6.45) is 3.80. The normalized spacial score (nSPS) is 15.4. The van der Waals surface area contributed by atoms with Crippen molar-refractivity contribution in [3.05, 3.63) is 0 Å². The standard InChI is InChI=1S/C12H22N2/c1-3-5-6-9-13-10-11-14(4-2)12-7-8-12/h12-13H,4,6-11H2,1-2H3. The van der Waals surface area contributed by atoms with E-state index in [0.29, 0.717) is 0 Å². The van der Waals surface area contributed by atoms with Gasteiger partial charge in [0.15, 0.2) is 0 Å². The van der Waals surface area contributed by atoms with Crippen LogP contribution in [0.3, 0.4) is 0 Å². The molecule has 1 N–H and O–H groups in total. The van der Waals surface area contributed by atoms with Crippen LogP contribution in [0, 0.1) is 11.8 Å². The lowest BCUT2D eigenvalue weighted by atomic mass is 10.4. The Bertz CT molecular complexity index is 198. The quantitative estimate of drug-likeness (QED) is 0.488. The van der Waals surface area contributed by atoms with Crippen molar-refractivity contribution in [1.82, 2.24) is 10.2 Å². The molecular weight excluding hydrogens is 172 g/mol. The lowest BCUT2D eigenvalue weighted by molar-refractivity contribution is 0.277. The summed E-state index contributed by atoms with van der Waals surface area (Å²) in [5, 5.41) is 3.42. The Labute approximate surface area is 88.1 Å². The van der Waals surface area contributed by atoms with Crippen LogP contribution in [0.2, 0.25) is 0 Å². The summed E-state index contributed by atoms with van der Waals surface area (Å²) in [4.78, 5) is 2.57. The molecule has 0 atom stereocenters. The van der Waals surface area contributed by atoms with Gasteiger partial charge in [0.25, 0.3) is 0 Å². The SMILES string of the molecule is CC#CCCNCCN(CC)C1CC1. The number of nitrogens with zero attached hydrogens (tertiary/aromatic N) is 1. The Morgan fingerprint density at radius 3 is 2.71 bits per heavy atom. The van der Waals surface area contributed by atoms with E-state index in [4.69, 9.17) is 0 Å². The van der Waals surface area contributed by atoms with Crippen molar-refractivity contribution in [3.63, 3.8) is 0 Å². The van der Waals surface area contributed by atoms with Gasteiger partial charge in [-0.15, -0.1) is 11.8 Å². The molecule has 0 aromatic heterocycles. The number of hydrogen-bond donors (Lipinski definition) is 1. The molecule has 1 aliphatic carbocycles. The molecule has 0 bridgehead atoms. The van der Waals surface area contributed by atoms with Gasteiger partial charge in [-0.3, -0.25) is 4.90 Å². The summed E-state index contributed by atoms with van der Waals surface area (Å²) in [6.45, 7) is 8.67. The van der Waals surface area contributed by atoms with Crippen LogP contribution in [-0.2, 0) is 0 Å². The van der Waals surface area contributed by atoms with Crippen LogP contribution in [0.1, 0.15) is 33.1 Å². The van der Waals surface area contributed by atoms with Crippen molar-refractivity contribution in [3.8, 4) is 11.8 Å². The van der Waals surface area contributed by atoms with Crippen LogP contribution in [0.4, 0.5) is 0 Å². The molecule has 0 aromatic carbocycles. The summed E-state index contributed by atoms with van der Waals surface area (Å²) < 4.78 is 0. The predicted molar refractivity (Wildman–Crippen MR) is 61.2 cm³/mol. The van der Waals surface area contributed by atoms with Gasteiger partial charge in [-0.05, 0) is 26.3 Å².